The third-order valence-electron chi connectivity index (χ3n) is 0.989. The fourth-order valence-electron chi connectivity index (χ4n) is 0.236. The van der Waals surface area contributed by atoms with Crippen molar-refractivity contribution in [2.24, 2.45) is 0 Å². The lowest BCUT2D eigenvalue weighted by molar-refractivity contribution is -0.736. The molecule has 0 heterocycles. The molecule has 0 aromatic rings. The van der Waals surface area contributed by atoms with Gasteiger partial charge in [-0.15, -0.1) is 0 Å². The summed E-state index contributed by atoms with van der Waals surface area (Å²) in [6.45, 7) is 0. The number of hydrogen-bond acceptors (Lipinski definition) is 5. The van der Waals surface area contributed by atoms with Crippen molar-refractivity contribution in [3.8, 4) is 0 Å². The van der Waals surface area contributed by atoms with E-state index >= 15 is 0 Å². The highest BCUT2D eigenvalue weighted by Crippen LogP contribution is 2.28. The van der Waals surface area contributed by atoms with Crippen molar-refractivity contribution in [1.29, 1.82) is 0 Å². The summed E-state index contributed by atoms with van der Waals surface area (Å²) >= 11 is 9.94. The highest BCUT2D eigenvalue weighted by atomic mass is 33.1. The molecule has 0 amide bonds. The lowest BCUT2D eigenvalue weighted by Gasteiger charge is -2.32. The normalized spacial score (nSPS) is 11.2. The monoisotopic (exact) mass is 256 g/mol. The van der Waals surface area contributed by atoms with Crippen molar-refractivity contribution >= 4 is 54.7 Å². The SMILES string of the molecule is CN(C)C(=S)SSC(=S)[N+](C)(C)[O-]. The van der Waals surface area contributed by atoms with Crippen molar-refractivity contribution in [2.75, 3.05) is 28.2 Å². The molecule has 0 N–H and O–H groups in total. The van der Waals surface area contributed by atoms with Gasteiger partial charge in [-0.3, -0.25) is 0 Å². The van der Waals surface area contributed by atoms with Gasteiger partial charge in [0.1, 0.15) is 4.32 Å². The molecule has 0 saturated carbocycles. The molecule has 0 spiro atoms. The van der Waals surface area contributed by atoms with E-state index in [2.05, 4.69) is 0 Å². The van der Waals surface area contributed by atoms with Gasteiger partial charge in [0.25, 0.3) is 0 Å². The van der Waals surface area contributed by atoms with Gasteiger partial charge in [0.15, 0.2) is 0 Å². The Morgan fingerprint density at radius 3 is 2.00 bits per heavy atom. The molecule has 3 nitrogen and oxygen atoms in total. The molecule has 0 saturated heterocycles. The van der Waals surface area contributed by atoms with Crippen molar-refractivity contribution < 1.29 is 4.65 Å². The Kier molecular flexibility index (Phi) is 5.73. The fourth-order valence-corrected chi connectivity index (χ4v) is 2.73. The molecule has 0 aliphatic heterocycles. The maximum absolute atomic E-state index is 11.3. The van der Waals surface area contributed by atoms with Crippen LogP contribution in [0, 0.1) is 5.21 Å². The zero-order valence-electron chi connectivity index (χ0n) is 7.94. The van der Waals surface area contributed by atoms with Crippen LogP contribution >= 0.6 is 46.0 Å². The van der Waals surface area contributed by atoms with E-state index in [0.29, 0.717) is 8.64 Å². The molecule has 0 bridgehead atoms. The average Bonchev–Trinajstić information content (AvgIpc) is 1.97. The van der Waals surface area contributed by atoms with Gasteiger partial charge in [0.05, 0.1) is 14.1 Å². The second-order valence-corrected chi connectivity index (χ2v) is 6.34. The number of quaternary nitrogens is 1. The summed E-state index contributed by atoms with van der Waals surface area (Å²) in [5.41, 5.74) is 0. The number of hydrogen-bond donors (Lipinski definition) is 0. The topological polar surface area (TPSA) is 26.3 Å². The Bertz CT molecular complexity index is 211. The highest BCUT2D eigenvalue weighted by Gasteiger charge is 2.14. The summed E-state index contributed by atoms with van der Waals surface area (Å²) in [6.07, 6.45) is 0. The second-order valence-electron chi connectivity index (χ2n) is 2.94. The molecule has 0 radical (unpaired) electrons. The maximum Gasteiger partial charge on any atom is 0.244 e. The van der Waals surface area contributed by atoms with Crippen molar-refractivity contribution in [3.05, 3.63) is 5.21 Å². The smallest absolute Gasteiger partial charge is 0.244 e. The van der Waals surface area contributed by atoms with Crippen molar-refractivity contribution in [1.82, 2.24) is 4.90 Å². The number of nitrogens with zero attached hydrogens (tertiary/aromatic N) is 2. The van der Waals surface area contributed by atoms with E-state index in [1.165, 1.54) is 35.7 Å². The maximum atomic E-state index is 11.3. The lowest BCUT2D eigenvalue weighted by Crippen LogP contribution is -2.35. The molecular weight excluding hydrogens is 244 g/mol. The summed E-state index contributed by atoms with van der Waals surface area (Å²) in [5, 5.41) is 11.3. The number of thiocarbonyl (C=S) groups is 2. The summed E-state index contributed by atoms with van der Waals surface area (Å²) in [7, 11) is 9.29. The van der Waals surface area contributed by atoms with Crippen LogP contribution in [0.5, 0.6) is 0 Å². The van der Waals surface area contributed by atoms with Crippen LogP contribution in [0.4, 0.5) is 0 Å². The minimum absolute atomic E-state index is 0.370. The first-order chi connectivity index (χ1) is 5.75. The standard InChI is InChI=1S/C6H12N2OS4/c1-7(2)5(10)12-13-6(11)8(3,4)9/h1-4H3. The van der Waals surface area contributed by atoms with Gasteiger partial charge in [0, 0.05) is 24.9 Å². The largest absolute Gasteiger partial charge is 0.627 e. The van der Waals surface area contributed by atoms with E-state index < -0.39 is 4.65 Å². The van der Waals surface area contributed by atoms with Gasteiger partial charge in [-0.05, 0) is 23.0 Å². The van der Waals surface area contributed by atoms with Crippen LogP contribution in [0.3, 0.4) is 0 Å². The number of hydroxylamine groups is 3. The zero-order valence-corrected chi connectivity index (χ0v) is 11.2. The Morgan fingerprint density at radius 2 is 1.69 bits per heavy atom. The number of rotatable bonds is 0. The molecular formula is C6H12N2OS4. The zero-order chi connectivity index (χ0) is 10.6. The summed E-state index contributed by atoms with van der Waals surface area (Å²) < 4.78 is 0.512. The Morgan fingerprint density at radius 1 is 1.23 bits per heavy atom. The Balaban J connectivity index is 3.92. The van der Waals surface area contributed by atoms with Gasteiger partial charge in [0.2, 0.25) is 4.32 Å². The third-order valence-corrected chi connectivity index (χ3v) is 5.30. The van der Waals surface area contributed by atoms with Crippen LogP contribution < -0.4 is 0 Å². The van der Waals surface area contributed by atoms with E-state index in [4.69, 9.17) is 24.4 Å². The summed E-state index contributed by atoms with van der Waals surface area (Å²) in [5.74, 6) is 0. The van der Waals surface area contributed by atoms with Crippen LogP contribution in [-0.4, -0.2) is 46.4 Å². The molecule has 0 aliphatic carbocycles. The van der Waals surface area contributed by atoms with E-state index in [-0.39, 0.29) is 0 Å². The molecule has 0 atom stereocenters. The molecule has 0 fully saturated rings. The van der Waals surface area contributed by atoms with Gasteiger partial charge < -0.3 is 14.8 Å². The van der Waals surface area contributed by atoms with Crippen molar-refractivity contribution in [2.45, 2.75) is 0 Å². The minimum atomic E-state index is -0.566. The molecule has 76 valence electrons. The van der Waals surface area contributed by atoms with E-state index in [1.807, 2.05) is 14.1 Å². The van der Waals surface area contributed by atoms with Gasteiger partial charge in [-0.25, -0.2) is 0 Å². The highest BCUT2D eigenvalue weighted by molar-refractivity contribution is 8.89. The average molecular weight is 256 g/mol. The second kappa shape index (κ2) is 5.47. The van der Waals surface area contributed by atoms with Crippen LogP contribution in [0.25, 0.3) is 0 Å². The lowest BCUT2D eigenvalue weighted by atomic mass is 10.9. The Hall–Kier alpha value is 0.600. The first-order valence-electron chi connectivity index (χ1n) is 3.40. The van der Waals surface area contributed by atoms with Gasteiger partial charge in [-0.1, -0.05) is 12.2 Å². The van der Waals surface area contributed by atoms with E-state index in [1.54, 1.807) is 4.90 Å². The molecule has 13 heavy (non-hydrogen) atoms. The fraction of sp³-hybridized carbons (Fsp3) is 0.667. The van der Waals surface area contributed by atoms with Crippen LogP contribution in [0.2, 0.25) is 0 Å². The first kappa shape index (κ1) is 13.6. The third kappa shape index (κ3) is 5.82. The molecule has 0 aromatic carbocycles. The molecule has 0 rings (SSSR count). The van der Waals surface area contributed by atoms with Crippen molar-refractivity contribution in [3.63, 3.8) is 0 Å². The quantitative estimate of drug-likeness (QED) is 0.285. The summed E-state index contributed by atoms with van der Waals surface area (Å²) in [4.78, 5) is 1.81. The van der Waals surface area contributed by atoms with Crippen LogP contribution in [0.1, 0.15) is 0 Å². The molecule has 0 aliphatic rings. The van der Waals surface area contributed by atoms with E-state index in [0.717, 1.165) is 0 Å². The van der Waals surface area contributed by atoms with Crippen LogP contribution in [0.15, 0.2) is 0 Å². The predicted molar refractivity (Wildman–Crippen MR) is 69.5 cm³/mol. The Labute approximate surface area is 97.4 Å². The molecule has 0 unspecified atom stereocenters. The van der Waals surface area contributed by atoms with Crippen LogP contribution in [-0.2, 0) is 0 Å². The minimum Gasteiger partial charge on any atom is -0.627 e. The van der Waals surface area contributed by atoms with Gasteiger partial charge >= 0.3 is 0 Å². The molecule has 0 aromatic heterocycles. The van der Waals surface area contributed by atoms with Gasteiger partial charge in [-0.2, -0.15) is 0 Å². The first-order valence-corrected chi connectivity index (χ1v) is 6.37. The molecule has 7 heteroatoms. The summed E-state index contributed by atoms with van der Waals surface area (Å²) in [6, 6.07) is 0. The predicted octanol–water partition coefficient (Wildman–Crippen LogP) is 2.07. The van der Waals surface area contributed by atoms with E-state index in [9.17, 15) is 5.21 Å².